The van der Waals surface area contributed by atoms with Crippen LogP contribution in [0.15, 0.2) is 30.3 Å². The third-order valence-corrected chi connectivity index (χ3v) is 8.76. The molecule has 39 heavy (non-hydrogen) atoms. The van der Waals surface area contributed by atoms with Crippen molar-refractivity contribution in [3.8, 4) is 0 Å². The number of aryl methyl sites for hydroxylation is 1. The topological polar surface area (TPSA) is 81.7 Å². The van der Waals surface area contributed by atoms with Gasteiger partial charge in [0.25, 0.3) is 0 Å². The molecule has 3 N–H and O–H groups in total. The maximum atomic E-state index is 15.6. The molecule has 0 bridgehead atoms. The van der Waals surface area contributed by atoms with E-state index < -0.39 is 11.9 Å². The van der Waals surface area contributed by atoms with Crippen LogP contribution < -0.4 is 15.5 Å². The van der Waals surface area contributed by atoms with Crippen LogP contribution in [0.1, 0.15) is 100 Å². The van der Waals surface area contributed by atoms with Gasteiger partial charge in [-0.15, -0.1) is 0 Å². The number of nitrogens with one attached hydrogen (secondary N) is 2. The fourth-order valence-corrected chi connectivity index (χ4v) is 6.37. The fraction of sp³-hybridized carbons (Fsp3) is 0.562. The summed E-state index contributed by atoms with van der Waals surface area (Å²) in [5, 5.41) is 15.6. The van der Waals surface area contributed by atoms with Crippen LogP contribution in [-0.4, -0.2) is 29.7 Å². The Kier molecular flexibility index (Phi) is 8.15. The van der Waals surface area contributed by atoms with Gasteiger partial charge in [0.2, 0.25) is 0 Å². The molecule has 0 spiro atoms. The highest BCUT2D eigenvalue weighted by atomic mass is 19.1. The van der Waals surface area contributed by atoms with Crippen molar-refractivity contribution >= 4 is 29.1 Å². The van der Waals surface area contributed by atoms with E-state index >= 15 is 4.39 Å². The number of carboxylic acids is 1. The SMILES string of the molecule is Cc1ccc(NC(=O)Nc2cc([C@H]3C[C@H]3C(=O)O)c(F)cc2N(CC(C)C)C2CCCCC2)c(C2CCC2)c1. The molecule has 0 heterocycles. The Morgan fingerprint density at radius 3 is 2.31 bits per heavy atom. The molecule has 2 atom stereocenters. The summed E-state index contributed by atoms with van der Waals surface area (Å²) >= 11 is 0. The lowest BCUT2D eigenvalue weighted by Crippen LogP contribution is -2.40. The van der Waals surface area contributed by atoms with Crippen LogP contribution in [0.5, 0.6) is 0 Å². The number of rotatable bonds is 9. The molecule has 0 saturated heterocycles. The summed E-state index contributed by atoms with van der Waals surface area (Å²) in [5.41, 5.74) is 4.75. The minimum atomic E-state index is -0.901. The van der Waals surface area contributed by atoms with Crippen molar-refractivity contribution < 1.29 is 19.1 Å². The van der Waals surface area contributed by atoms with Gasteiger partial charge in [0.15, 0.2) is 0 Å². The summed E-state index contributed by atoms with van der Waals surface area (Å²) in [4.78, 5) is 27.3. The highest BCUT2D eigenvalue weighted by Crippen LogP contribution is 2.50. The van der Waals surface area contributed by atoms with Crippen molar-refractivity contribution in [1.29, 1.82) is 0 Å². The zero-order valence-electron chi connectivity index (χ0n) is 23.4. The van der Waals surface area contributed by atoms with Gasteiger partial charge in [0.1, 0.15) is 5.82 Å². The van der Waals surface area contributed by atoms with Gasteiger partial charge in [-0.3, -0.25) is 4.79 Å². The van der Waals surface area contributed by atoms with E-state index in [2.05, 4.69) is 42.4 Å². The molecule has 5 rings (SSSR count). The van der Waals surface area contributed by atoms with Gasteiger partial charge in [-0.25, -0.2) is 9.18 Å². The summed E-state index contributed by atoms with van der Waals surface area (Å²) in [6.45, 7) is 7.13. The van der Waals surface area contributed by atoms with Crippen LogP contribution in [0.2, 0.25) is 0 Å². The molecule has 3 saturated carbocycles. The highest BCUT2D eigenvalue weighted by Gasteiger charge is 2.46. The molecular weight excluding hydrogens is 493 g/mol. The van der Waals surface area contributed by atoms with E-state index in [-0.39, 0.29) is 23.8 Å². The van der Waals surface area contributed by atoms with Crippen molar-refractivity contribution in [3.63, 3.8) is 0 Å². The molecule has 3 aliphatic rings. The van der Waals surface area contributed by atoms with Crippen molar-refractivity contribution in [2.24, 2.45) is 11.8 Å². The second-order valence-electron chi connectivity index (χ2n) is 12.3. The van der Waals surface area contributed by atoms with E-state index in [4.69, 9.17) is 0 Å². The number of carbonyl (C=O) groups is 2. The summed E-state index contributed by atoms with van der Waals surface area (Å²) in [7, 11) is 0. The number of amides is 2. The van der Waals surface area contributed by atoms with Crippen LogP contribution in [0.3, 0.4) is 0 Å². The minimum Gasteiger partial charge on any atom is -0.481 e. The number of carbonyl (C=O) groups excluding carboxylic acids is 1. The number of benzene rings is 2. The summed E-state index contributed by atoms with van der Waals surface area (Å²) < 4.78 is 15.6. The molecular formula is C32H42FN3O3. The zero-order chi connectivity index (χ0) is 27.7. The number of halogens is 1. The first-order valence-corrected chi connectivity index (χ1v) is 14.7. The third-order valence-electron chi connectivity index (χ3n) is 8.76. The minimum absolute atomic E-state index is 0.282. The standard InChI is InChI=1S/C32H42FN3O3/c1-19(2)18-36(22-10-5-4-6-11-22)30-17-27(33)25(24-15-26(24)31(37)38)16-29(30)35-32(39)34-28-13-12-20(3)14-23(28)21-8-7-9-21/h12-14,16-17,19,21-22,24,26H,4-11,15,18H2,1-3H3,(H,37,38)(H2,34,35,39)/t24-,26-/m1/s1. The molecule has 0 radical (unpaired) electrons. The Morgan fingerprint density at radius 2 is 1.69 bits per heavy atom. The predicted molar refractivity (Wildman–Crippen MR) is 154 cm³/mol. The normalized spacial score (nSPS) is 21.4. The van der Waals surface area contributed by atoms with Crippen molar-refractivity contribution in [2.75, 3.05) is 22.1 Å². The van der Waals surface area contributed by atoms with Gasteiger partial charge in [0, 0.05) is 24.2 Å². The van der Waals surface area contributed by atoms with Gasteiger partial charge >= 0.3 is 12.0 Å². The van der Waals surface area contributed by atoms with E-state index in [0.29, 0.717) is 35.2 Å². The first-order valence-electron chi connectivity index (χ1n) is 14.7. The van der Waals surface area contributed by atoms with E-state index in [1.54, 1.807) is 6.07 Å². The zero-order valence-corrected chi connectivity index (χ0v) is 23.4. The Morgan fingerprint density at radius 1 is 0.974 bits per heavy atom. The number of nitrogens with zero attached hydrogens (tertiary/aromatic N) is 1. The number of hydrogen-bond acceptors (Lipinski definition) is 3. The van der Waals surface area contributed by atoms with Crippen LogP contribution in [-0.2, 0) is 4.79 Å². The quantitative estimate of drug-likeness (QED) is 0.304. The number of urea groups is 1. The summed E-state index contributed by atoms with van der Waals surface area (Å²) in [5.74, 6) is -1.41. The molecule has 210 valence electrons. The van der Waals surface area contributed by atoms with E-state index in [1.165, 1.54) is 30.0 Å². The summed E-state index contributed by atoms with van der Waals surface area (Å²) in [6.07, 6.45) is 9.46. The molecule has 3 aliphatic carbocycles. The first kappa shape index (κ1) is 27.5. The van der Waals surface area contributed by atoms with Gasteiger partial charge in [0.05, 0.1) is 17.3 Å². The van der Waals surface area contributed by atoms with Crippen LogP contribution in [0.25, 0.3) is 0 Å². The fourth-order valence-electron chi connectivity index (χ4n) is 6.37. The van der Waals surface area contributed by atoms with Crippen LogP contribution in [0.4, 0.5) is 26.2 Å². The Labute approximate surface area is 231 Å². The number of hydrogen-bond donors (Lipinski definition) is 3. The highest BCUT2D eigenvalue weighted by molar-refractivity contribution is 6.02. The average molecular weight is 536 g/mol. The number of aliphatic carboxylic acids is 1. The molecule has 0 aliphatic heterocycles. The molecule has 7 heteroatoms. The van der Waals surface area contributed by atoms with Crippen LogP contribution >= 0.6 is 0 Å². The Bertz CT molecular complexity index is 1220. The number of anilines is 3. The molecule has 2 aromatic carbocycles. The second kappa shape index (κ2) is 11.6. The van der Waals surface area contributed by atoms with E-state index in [1.807, 2.05) is 12.1 Å². The molecule has 2 amide bonds. The second-order valence-corrected chi connectivity index (χ2v) is 12.3. The Hall–Kier alpha value is -3.09. The first-order chi connectivity index (χ1) is 18.7. The smallest absolute Gasteiger partial charge is 0.323 e. The van der Waals surface area contributed by atoms with Crippen molar-refractivity contribution in [2.45, 2.75) is 96.4 Å². The lowest BCUT2D eigenvalue weighted by atomic mass is 9.79. The van der Waals surface area contributed by atoms with Crippen LogP contribution in [0, 0.1) is 24.6 Å². The van der Waals surface area contributed by atoms with Gasteiger partial charge in [-0.2, -0.15) is 0 Å². The van der Waals surface area contributed by atoms with Gasteiger partial charge in [-0.1, -0.05) is 57.2 Å². The lowest BCUT2D eigenvalue weighted by Gasteiger charge is -2.38. The van der Waals surface area contributed by atoms with E-state index in [0.717, 1.165) is 50.8 Å². The maximum absolute atomic E-state index is 15.6. The molecule has 0 aromatic heterocycles. The molecule has 3 fully saturated rings. The largest absolute Gasteiger partial charge is 0.481 e. The van der Waals surface area contributed by atoms with Crippen molar-refractivity contribution in [3.05, 3.63) is 52.8 Å². The maximum Gasteiger partial charge on any atom is 0.323 e. The third kappa shape index (κ3) is 6.23. The molecule has 2 aromatic rings. The number of carboxylic acid groups (broad SMARTS) is 1. The average Bonchev–Trinajstić information content (AvgIpc) is 3.66. The Balaban J connectivity index is 1.47. The monoisotopic (exact) mass is 535 g/mol. The summed E-state index contributed by atoms with van der Waals surface area (Å²) in [6, 6.07) is 9.27. The molecule has 0 unspecified atom stereocenters. The lowest BCUT2D eigenvalue weighted by molar-refractivity contribution is -0.138. The van der Waals surface area contributed by atoms with Gasteiger partial charge < -0.3 is 20.6 Å². The molecule has 6 nitrogen and oxygen atoms in total. The van der Waals surface area contributed by atoms with Gasteiger partial charge in [-0.05, 0) is 80.2 Å². The van der Waals surface area contributed by atoms with Crippen molar-refractivity contribution in [1.82, 2.24) is 0 Å². The predicted octanol–water partition coefficient (Wildman–Crippen LogP) is 8.03. The van der Waals surface area contributed by atoms with E-state index in [9.17, 15) is 14.7 Å².